The molecule has 4 heteroatoms. The first-order valence-electron chi connectivity index (χ1n) is 7.52. The molecule has 1 aliphatic carbocycles. The number of benzene rings is 1. The summed E-state index contributed by atoms with van der Waals surface area (Å²) in [5.41, 5.74) is 8.22. The number of halogens is 1. The Hall–Kier alpha value is -0.740. The van der Waals surface area contributed by atoms with Gasteiger partial charge in [-0.3, -0.25) is 0 Å². The Balaban J connectivity index is 1.63. The first-order chi connectivity index (χ1) is 9.58. The van der Waals surface area contributed by atoms with Crippen molar-refractivity contribution < 1.29 is 4.74 Å². The summed E-state index contributed by atoms with van der Waals surface area (Å²) in [5.74, 6) is 0. The van der Waals surface area contributed by atoms with Gasteiger partial charge < -0.3 is 15.4 Å². The molecule has 0 amide bonds. The standard InChI is InChI=1S/C16H23BrN2O/c1-19(15-5-4-12(17)10-14(15)18)11-13-6-9-16(20-13)7-2-3-8-16/h4-5,10,13H,2-3,6-9,11,18H2,1H3. The summed E-state index contributed by atoms with van der Waals surface area (Å²) in [6, 6.07) is 6.07. The summed E-state index contributed by atoms with van der Waals surface area (Å²) in [4.78, 5) is 2.22. The lowest BCUT2D eigenvalue weighted by molar-refractivity contribution is -0.0324. The van der Waals surface area contributed by atoms with E-state index in [-0.39, 0.29) is 5.60 Å². The molecule has 1 saturated carbocycles. The molecule has 1 atom stereocenters. The minimum Gasteiger partial charge on any atom is -0.397 e. The van der Waals surface area contributed by atoms with Crippen molar-refractivity contribution in [1.82, 2.24) is 0 Å². The number of anilines is 2. The van der Waals surface area contributed by atoms with E-state index in [0.717, 1.165) is 22.4 Å². The van der Waals surface area contributed by atoms with Crippen molar-refractivity contribution in [3.8, 4) is 0 Å². The highest BCUT2D eigenvalue weighted by Crippen LogP contribution is 2.43. The number of rotatable bonds is 3. The molecule has 1 aromatic carbocycles. The van der Waals surface area contributed by atoms with Crippen molar-refractivity contribution in [3.63, 3.8) is 0 Å². The molecular weight excluding hydrogens is 316 g/mol. The number of nitrogens with two attached hydrogens (primary N) is 1. The van der Waals surface area contributed by atoms with E-state index in [2.05, 4.69) is 33.9 Å². The van der Waals surface area contributed by atoms with Gasteiger partial charge in [0.1, 0.15) is 0 Å². The largest absolute Gasteiger partial charge is 0.397 e. The molecule has 1 aromatic rings. The zero-order valence-corrected chi connectivity index (χ0v) is 13.7. The summed E-state index contributed by atoms with van der Waals surface area (Å²) < 4.78 is 7.40. The molecule has 1 unspecified atom stereocenters. The molecule has 1 aliphatic heterocycles. The Kier molecular flexibility index (Phi) is 3.95. The maximum atomic E-state index is 6.37. The minimum atomic E-state index is 0.219. The van der Waals surface area contributed by atoms with Crippen molar-refractivity contribution in [2.75, 3.05) is 24.2 Å². The van der Waals surface area contributed by atoms with Gasteiger partial charge >= 0.3 is 0 Å². The number of hydrogen-bond acceptors (Lipinski definition) is 3. The van der Waals surface area contributed by atoms with Gasteiger partial charge in [-0.15, -0.1) is 0 Å². The molecule has 0 radical (unpaired) electrons. The van der Waals surface area contributed by atoms with E-state index in [1.807, 2.05) is 12.1 Å². The first kappa shape index (κ1) is 14.2. The van der Waals surface area contributed by atoms with Gasteiger partial charge in [0.2, 0.25) is 0 Å². The highest BCUT2D eigenvalue weighted by Gasteiger charge is 2.42. The fourth-order valence-corrected chi connectivity index (χ4v) is 4.07. The zero-order valence-electron chi connectivity index (χ0n) is 12.1. The topological polar surface area (TPSA) is 38.5 Å². The summed E-state index contributed by atoms with van der Waals surface area (Å²) in [5, 5.41) is 0. The second-order valence-electron chi connectivity index (χ2n) is 6.25. The fraction of sp³-hybridized carbons (Fsp3) is 0.625. The highest BCUT2D eigenvalue weighted by atomic mass is 79.9. The van der Waals surface area contributed by atoms with Gasteiger partial charge in [0, 0.05) is 18.1 Å². The van der Waals surface area contributed by atoms with Crippen molar-refractivity contribution in [3.05, 3.63) is 22.7 Å². The molecule has 0 bridgehead atoms. The number of likely N-dealkylation sites (N-methyl/N-ethyl adjacent to an activating group) is 1. The average Bonchev–Trinajstić information content (AvgIpc) is 3.00. The lowest BCUT2D eigenvalue weighted by Crippen LogP contribution is -2.32. The third kappa shape index (κ3) is 2.82. The van der Waals surface area contributed by atoms with Crippen LogP contribution in [0.3, 0.4) is 0 Å². The maximum Gasteiger partial charge on any atom is 0.0758 e. The predicted octanol–water partition coefficient (Wildman–Crippen LogP) is 3.96. The lowest BCUT2D eigenvalue weighted by atomic mass is 9.98. The third-order valence-electron chi connectivity index (χ3n) is 4.73. The molecule has 2 fully saturated rings. The SMILES string of the molecule is CN(CC1CCC2(CCCC2)O1)c1ccc(Br)cc1N. The number of ether oxygens (including phenoxy) is 1. The zero-order chi connectivity index (χ0) is 14.2. The van der Waals surface area contributed by atoms with Gasteiger partial charge in [-0.1, -0.05) is 28.8 Å². The van der Waals surface area contributed by atoms with Gasteiger partial charge in [0.15, 0.2) is 0 Å². The Morgan fingerprint density at radius 3 is 2.80 bits per heavy atom. The maximum absolute atomic E-state index is 6.37. The third-order valence-corrected chi connectivity index (χ3v) is 5.22. The van der Waals surface area contributed by atoms with E-state index >= 15 is 0 Å². The fourth-order valence-electron chi connectivity index (χ4n) is 3.69. The van der Waals surface area contributed by atoms with Gasteiger partial charge in [-0.2, -0.15) is 0 Å². The van der Waals surface area contributed by atoms with E-state index in [1.165, 1.54) is 38.5 Å². The van der Waals surface area contributed by atoms with Gasteiger partial charge in [-0.25, -0.2) is 0 Å². The van der Waals surface area contributed by atoms with Crippen LogP contribution in [0.4, 0.5) is 11.4 Å². The Labute approximate surface area is 129 Å². The van der Waals surface area contributed by atoms with Gasteiger partial charge in [-0.05, 0) is 43.9 Å². The predicted molar refractivity (Wildman–Crippen MR) is 87.1 cm³/mol. The van der Waals surface area contributed by atoms with Crippen LogP contribution >= 0.6 is 15.9 Å². The highest BCUT2D eigenvalue weighted by molar-refractivity contribution is 9.10. The Morgan fingerprint density at radius 2 is 2.10 bits per heavy atom. The number of hydrogen-bond donors (Lipinski definition) is 1. The summed E-state index contributed by atoms with van der Waals surface area (Å²) in [7, 11) is 2.10. The molecular formula is C16H23BrN2O. The average molecular weight is 339 g/mol. The number of nitrogen functional groups attached to an aromatic ring is 1. The minimum absolute atomic E-state index is 0.219. The molecule has 1 spiro atoms. The first-order valence-corrected chi connectivity index (χ1v) is 8.31. The molecule has 2 aliphatic rings. The molecule has 1 heterocycles. The van der Waals surface area contributed by atoms with E-state index in [4.69, 9.17) is 10.5 Å². The van der Waals surface area contributed by atoms with Gasteiger partial charge in [0.05, 0.1) is 23.1 Å². The second kappa shape index (κ2) is 5.57. The van der Waals surface area contributed by atoms with Crippen LogP contribution in [0.2, 0.25) is 0 Å². The summed E-state index contributed by atoms with van der Waals surface area (Å²) >= 11 is 3.45. The molecule has 2 N–H and O–H groups in total. The van der Waals surface area contributed by atoms with Crippen molar-refractivity contribution in [1.29, 1.82) is 0 Å². The van der Waals surface area contributed by atoms with E-state index < -0.39 is 0 Å². The molecule has 0 aromatic heterocycles. The van der Waals surface area contributed by atoms with Crippen LogP contribution < -0.4 is 10.6 Å². The van der Waals surface area contributed by atoms with Crippen LogP contribution in [0.5, 0.6) is 0 Å². The Bertz CT molecular complexity index is 485. The van der Waals surface area contributed by atoms with Crippen molar-refractivity contribution in [2.24, 2.45) is 0 Å². The van der Waals surface area contributed by atoms with Crippen LogP contribution in [-0.2, 0) is 4.74 Å². The monoisotopic (exact) mass is 338 g/mol. The number of nitrogens with zero attached hydrogens (tertiary/aromatic N) is 1. The van der Waals surface area contributed by atoms with Crippen LogP contribution in [0.1, 0.15) is 38.5 Å². The summed E-state index contributed by atoms with van der Waals surface area (Å²) in [6.45, 7) is 0.924. The van der Waals surface area contributed by atoms with Crippen LogP contribution in [0.25, 0.3) is 0 Å². The lowest BCUT2D eigenvalue weighted by Gasteiger charge is -2.27. The Morgan fingerprint density at radius 1 is 1.35 bits per heavy atom. The molecule has 1 saturated heterocycles. The van der Waals surface area contributed by atoms with Crippen molar-refractivity contribution in [2.45, 2.75) is 50.2 Å². The summed E-state index contributed by atoms with van der Waals surface area (Å²) in [6.07, 6.45) is 7.95. The van der Waals surface area contributed by atoms with E-state index in [1.54, 1.807) is 0 Å². The molecule has 20 heavy (non-hydrogen) atoms. The smallest absolute Gasteiger partial charge is 0.0758 e. The normalized spacial score (nSPS) is 24.4. The molecule has 3 nitrogen and oxygen atoms in total. The van der Waals surface area contributed by atoms with Crippen LogP contribution in [-0.4, -0.2) is 25.3 Å². The quantitative estimate of drug-likeness (QED) is 0.847. The van der Waals surface area contributed by atoms with Crippen molar-refractivity contribution >= 4 is 27.3 Å². The van der Waals surface area contributed by atoms with Crippen LogP contribution in [0.15, 0.2) is 22.7 Å². The van der Waals surface area contributed by atoms with E-state index in [0.29, 0.717) is 6.10 Å². The second-order valence-corrected chi connectivity index (χ2v) is 7.17. The molecule has 3 rings (SSSR count). The molecule has 110 valence electrons. The van der Waals surface area contributed by atoms with Gasteiger partial charge in [0.25, 0.3) is 0 Å². The van der Waals surface area contributed by atoms with E-state index in [9.17, 15) is 0 Å². The van der Waals surface area contributed by atoms with Crippen LogP contribution in [0, 0.1) is 0 Å².